The Balaban J connectivity index is 1.62. The van der Waals surface area contributed by atoms with Crippen molar-refractivity contribution in [2.24, 2.45) is 0 Å². The summed E-state index contributed by atoms with van der Waals surface area (Å²) < 4.78 is 10.5. The minimum Gasteiger partial charge on any atom is -0.464 e. The summed E-state index contributed by atoms with van der Waals surface area (Å²) in [5.41, 5.74) is 3.02. The summed E-state index contributed by atoms with van der Waals surface area (Å²) in [6.45, 7) is 1.70. The molecule has 3 rings (SSSR count). The molecule has 2 aromatic heterocycles. The Labute approximate surface area is 126 Å². The maximum absolute atomic E-state index is 11.9. The molecule has 1 aromatic carbocycles. The summed E-state index contributed by atoms with van der Waals surface area (Å²) in [5, 5.41) is 0.887. The minimum atomic E-state index is -0.455. The molecular weight excluding hydrogens is 282 g/mol. The van der Waals surface area contributed by atoms with Gasteiger partial charge in [-0.3, -0.25) is 9.59 Å². The zero-order chi connectivity index (χ0) is 15.5. The van der Waals surface area contributed by atoms with Crippen LogP contribution in [0.3, 0.4) is 0 Å². The van der Waals surface area contributed by atoms with Crippen molar-refractivity contribution >= 4 is 22.7 Å². The molecule has 0 bridgehead atoms. The summed E-state index contributed by atoms with van der Waals surface area (Å²) in [6.07, 6.45) is 3.28. The number of aryl methyl sites for hydroxylation is 1. The Hall–Kier alpha value is -2.82. The third kappa shape index (κ3) is 2.93. The fourth-order valence-electron chi connectivity index (χ4n) is 2.26. The van der Waals surface area contributed by atoms with E-state index >= 15 is 0 Å². The number of carbonyl (C=O) groups is 2. The van der Waals surface area contributed by atoms with Gasteiger partial charge in [-0.25, -0.2) is 0 Å². The van der Waals surface area contributed by atoms with Crippen molar-refractivity contribution in [2.45, 2.75) is 13.3 Å². The highest BCUT2D eigenvalue weighted by atomic mass is 16.5. The van der Waals surface area contributed by atoms with Crippen LogP contribution in [0.4, 0.5) is 0 Å². The lowest BCUT2D eigenvalue weighted by Gasteiger charge is -2.02. The number of furan rings is 1. The minimum absolute atomic E-state index is 0.0774. The number of ketones is 1. The molecule has 0 saturated carbocycles. The van der Waals surface area contributed by atoms with Crippen LogP contribution in [-0.4, -0.2) is 23.3 Å². The van der Waals surface area contributed by atoms with Crippen LogP contribution in [0.2, 0.25) is 0 Å². The number of carbonyl (C=O) groups excluding carboxylic acids is 2. The Bertz CT molecular complexity index is 814. The highest BCUT2D eigenvalue weighted by molar-refractivity contribution is 5.96. The van der Waals surface area contributed by atoms with Crippen LogP contribution < -0.4 is 0 Å². The number of esters is 1. The van der Waals surface area contributed by atoms with Gasteiger partial charge in [0, 0.05) is 17.1 Å². The van der Waals surface area contributed by atoms with E-state index in [2.05, 4.69) is 4.98 Å². The van der Waals surface area contributed by atoms with E-state index in [4.69, 9.17) is 9.15 Å². The predicted molar refractivity (Wildman–Crippen MR) is 80.7 cm³/mol. The number of fused-ring (bicyclic) bond motifs is 1. The number of hydrogen-bond donors (Lipinski definition) is 1. The average Bonchev–Trinajstić information content (AvgIpc) is 3.15. The van der Waals surface area contributed by atoms with Crippen LogP contribution in [0.5, 0.6) is 0 Å². The molecule has 5 heteroatoms. The van der Waals surface area contributed by atoms with Crippen molar-refractivity contribution in [2.75, 3.05) is 6.61 Å². The molecule has 0 saturated heterocycles. The van der Waals surface area contributed by atoms with Crippen molar-refractivity contribution in [3.8, 4) is 0 Å². The lowest BCUT2D eigenvalue weighted by atomic mass is 10.1. The van der Waals surface area contributed by atoms with Crippen LogP contribution >= 0.6 is 0 Å². The van der Waals surface area contributed by atoms with Gasteiger partial charge in [-0.15, -0.1) is 0 Å². The lowest BCUT2D eigenvalue weighted by Crippen LogP contribution is -2.15. The average molecular weight is 297 g/mol. The number of benzene rings is 1. The molecule has 3 aromatic rings. The molecule has 22 heavy (non-hydrogen) atoms. The predicted octanol–water partition coefficient (Wildman–Crippen LogP) is 3.04. The molecule has 0 aliphatic carbocycles. The number of ether oxygens (including phenoxy) is 1. The highest BCUT2D eigenvalue weighted by Crippen LogP contribution is 2.22. The number of H-pyrrole nitrogens is 1. The van der Waals surface area contributed by atoms with Gasteiger partial charge in [-0.05, 0) is 30.7 Å². The van der Waals surface area contributed by atoms with Crippen molar-refractivity contribution in [1.82, 2.24) is 4.98 Å². The second-order valence-electron chi connectivity index (χ2n) is 5.10. The van der Waals surface area contributed by atoms with E-state index < -0.39 is 5.97 Å². The quantitative estimate of drug-likeness (QED) is 0.580. The van der Waals surface area contributed by atoms with Crippen molar-refractivity contribution in [1.29, 1.82) is 0 Å². The second-order valence-corrected chi connectivity index (χ2v) is 5.10. The van der Waals surface area contributed by atoms with E-state index in [0.29, 0.717) is 5.69 Å². The monoisotopic (exact) mass is 297 g/mol. The van der Waals surface area contributed by atoms with E-state index in [1.807, 2.05) is 25.1 Å². The number of hydrogen-bond acceptors (Lipinski definition) is 4. The lowest BCUT2D eigenvalue weighted by molar-refractivity contribution is -0.141. The molecule has 0 radical (unpaired) electrons. The summed E-state index contributed by atoms with van der Waals surface area (Å²) in [4.78, 5) is 26.4. The van der Waals surface area contributed by atoms with E-state index in [-0.39, 0.29) is 18.8 Å². The first-order chi connectivity index (χ1) is 10.6. The molecule has 0 spiro atoms. The number of aromatic amines is 1. The molecule has 0 aliphatic rings. The largest absolute Gasteiger partial charge is 0.464 e. The highest BCUT2D eigenvalue weighted by Gasteiger charge is 2.14. The van der Waals surface area contributed by atoms with E-state index in [9.17, 15) is 9.59 Å². The molecule has 112 valence electrons. The molecule has 0 unspecified atom stereocenters. The molecule has 0 aliphatic heterocycles. The van der Waals surface area contributed by atoms with Gasteiger partial charge in [0.1, 0.15) is 5.58 Å². The van der Waals surface area contributed by atoms with Crippen LogP contribution in [-0.2, 0) is 16.0 Å². The van der Waals surface area contributed by atoms with Crippen molar-refractivity contribution in [3.05, 3.63) is 59.6 Å². The fraction of sp³-hybridized carbons (Fsp3) is 0.176. The molecule has 5 nitrogen and oxygen atoms in total. The zero-order valence-corrected chi connectivity index (χ0v) is 12.1. The van der Waals surface area contributed by atoms with Gasteiger partial charge >= 0.3 is 5.97 Å². The number of nitrogens with one attached hydrogen (secondary N) is 1. The van der Waals surface area contributed by atoms with Crippen molar-refractivity contribution < 1.29 is 18.7 Å². The SMILES string of the molecule is Cc1ccc2c(CC(=O)OCC(=O)c3ccc[nH]3)coc2c1. The van der Waals surface area contributed by atoms with E-state index in [0.717, 1.165) is 22.1 Å². The third-order valence-electron chi connectivity index (χ3n) is 3.41. The summed E-state index contributed by atoms with van der Waals surface area (Å²) in [7, 11) is 0. The molecule has 0 amide bonds. The van der Waals surface area contributed by atoms with Crippen LogP contribution in [0.25, 0.3) is 11.0 Å². The third-order valence-corrected chi connectivity index (χ3v) is 3.41. The molecule has 2 heterocycles. The Morgan fingerprint density at radius 1 is 1.27 bits per heavy atom. The first-order valence-electron chi connectivity index (χ1n) is 6.92. The Morgan fingerprint density at radius 3 is 2.91 bits per heavy atom. The van der Waals surface area contributed by atoms with Crippen molar-refractivity contribution in [3.63, 3.8) is 0 Å². The van der Waals surface area contributed by atoms with Gasteiger partial charge in [0.05, 0.1) is 18.4 Å². The first-order valence-corrected chi connectivity index (χ1v) is 6.92. The summed E-state index contributed by atoms with van der Waals surface area (Å²) in [5.74, 6) is -0.714. The van der Waals surface area contributed by atoms with Gasteiger partial charge in [-0.1, -0.05) is 12.1 Å². The normalized spacial score (nSPS) is 10.8. The van der Waals surface area contributed by atoms with Crippen LogP contribution in [0, 0.1) is 6.92 Å². The smallest absolute Gasteiger partial charge is 0.310 e. The molecular formula is C17H15NO4. The summed E-state index contributed by atoms with van der Waals surface area (Å²) in [6, 6.07) is 9.15. The number of aromatic nitrogens is 1. The van der Waals surface area contributed by atoms with Gasteiger partial charge in [0.15, 0.2) is 6.61 Å². The second kappa shape index (κ2) is 5.89. The zero-order valence-electron chi connectivity index (χ0n) is 12.1. The maximum atomic E-state index is 11.9. The molecule has 0 atom stereocenters. The van der Waals surface area contributed by atoms with Gasteiger partial charge in [0.25, 0.3) is 0 Å². The van der Waals surface area contributed by atoms with Gasteiger partial charge in [0.2, 0.25) is 5.78 Å². The number of Topliss-reactive ketones (excluding diaryl/α,β-unsaturated/α-hetero) is 1. The van der Waals surface area contributed by atoms with E-state index in [1.165, 1.54) is 0 Å². The number of rotatable bonds is 5. The summed E-state index contributed by atoms with van der Waals surface area (Å²) >= 11 is 0. The van der Waals surface area contributed by atoms with Gasteiger partial charge < -0.3 is 14.1 Å². The fourth-order valence-corrected chi connectivity index (χ4v) is 2.26. The van der Waals surface area contributed by atoms with Gasteiger partial charge in [-0.2, -0.15) is 0 Å². The van der Waals surface area contributed by atoms with E-state index in [1.54, 1.807) is 24.6 Å². The maximum Gasteiger partial charge on any atom is 0.310 e. The molecule has 1 N–H and O–H groups in total. The van der Waals surface area contributed by atoms with Crippen LogP contribution in [0.15, 0.2) is 47.2 Å². The van der Waals surface area contributed by atoms with Crippen LogP contribution in [0.1, 0.15) is 21.6 Å². The molecule has 0 fully saturated rings. The standard InChI is InChI=1S/C17H15NO4/c1-11-4-5-13-12(9-21-16(13)7-11)8-17(20)22-10-15(19)14-3-2-6-18-14/h2-7,9,18H,8,10H2,1H3. The Kier molecular flexibility index (Phi) is 3.78. The first kappa shape index (κ1) is 14.1. The Morgan fingerprint density at radius 2 is 2.14 bits per heavy atom. The topological polar surface area (TPSA) is 72.3 Å².